The smallest absolute Gasteiger partial charge is 0.414 e. The molecule has 3 N–H and O–H groups in total. The van der Waals surface area contributed by atoms with Crippen molar-refractivity contribution in [1.29, 1.82) is 0 Å². The van der Waals surface area contributed by atoms with Gasteiger partial charge in [-0.2, -0.15) is 0 Å². The van der Waals surface area contributed by atoms with Gasteiger partial charge in [-0.25, -0.2) is 9.59 Å². The molecular weight excluding hydrogens is 408 g/mol. The Bertz CT molecular complexity index is 866. The van der Waals surface area contributed by atoms with E-state index in [1.54, 1.807) is 4.90 Å². The Morgan fingerprint density at radius 1 is 1.06 bits per heavy atom. The zero-order chi connectivity index (χ0) is 22.1. The lowest BCUT2D eigenvalue weighted by atomic mass is 9.53. The van der Waals surface area contributed by atoms with Crippen LogP contribution in [0.2, 0.25) is 0 Å². The highest BCUT2D eigenvalue weighted by Crippen LogP contribution is 2.55. The second kappa shape index (κ2) is 8.64. The largest absolute Gasteiger partial charge is 0.447 e. The first kappa shape index (κ1) is 21.1. The number of nitrogens with one attached hydrogen (secondary N) is 3. The zero-order valence-electron chi connectivity index (χ0n) is 18.4. The number of rotatable bonds is 7. The van der Waals surface area contributed by atoms with E-state index >= 15 is 0 Å². The number of cyclic esters (lactones) is 1. The van der Waals surface area contributed by atoms with Gasteiger partial charge in [-0.05, 0) is 74.0 Å². The minimum absolute atomic E-state index is 0.0200. The highest BCUT2D eigenvalue weighted by molar-refractivity contribution is 5.89. The lowest BCUT2D eigenvalue weighted by Gasteiger charge is -2.56. The Hall–Kier alpha value is -2.77. The van der Waals surface area contributed by atoms with Gasteiger partial charge in [0.25, 0.3) is 0 Å². The van der Waals surface area contributed by atoms with Gasteiger partial charge in [-0.3, -0.25) is 9.69 Å². The molecule has 172 valence electrons. The van der Waals surface area contributed by atoms with Crippen molar-refractivity contribution in [3.8, 4) is 0 Å². The van der Waals surface area contributed by atoms with Gasteiger partial charge in [0.05, 0.1) is 6.54 Å². The molecule has 0 spiro atoms. The van der Waals surface area contributed by atoms with Crippen LogP contribution in [-0.2, 0) is 16.1 Å². The second-order valence-electron chi connectivity index (χ2n) is 10.0. The number of carbonyl (C=O) groups is 3. The third-order valence-corrected chi connectivity index (χ3v) is 7.53. The minimum Gasteiger partial charge on any atom is -0.447 e. The summed E-state index contributed by atoms with van der Waals surface area (Å²) in [7, 11) is 0. The SMILES string of the molecule is O=C(CCNC(=O)NC12CC3CC(CC(C3)C1)C2)NCc1cccc(N2CCOC2=O)c1. The molecule has 4 bridgehead atoms. The fourth-order valence-electron chi connectivity index (χ4n) is 6.59. The van der Waals surface area contributed by atoms with Gasteiger partial charge in [-0.1, -0.05) is 12.1 Å². The number of benzene rings is 1. The van der Waals surface area contributed by atoms with E-state index < -0.39 is 0 Å². The number of urea groups is 1. The predicted molar refractivity (Wildman–Crippen MR) is 119 cm³/mol. The summed E-state index contributed by atoms with van der Waals surface area (Å²) in [5.74, 6) is 2.22. The average molecular weight is 441 g/mol. The van der Waals surface area contributed by atoms with Crippen molar-refractivity contribution >= 4 is 23.7 Å². The summed E-state index contributed by atoms with van der Waals surface area (Å²) in [4.78, 5) is 38.0. The molecule has 0 radical (unpaired) electrons. The van der Waals surface area contributed by atoms with Crippen molar-refractivity contribution in [3.05, 3.63) is 29.8 Å². The van der Waals surface area contributed by atoms with Crippen LogP contribution >= 0.6 is 0 Å². The molecule has 6 rings (SSSR count). The first-order valence-electron chi connectivity index (χ1n) is 11.8. The molecule has 0 atom stereocenters. The number of amides is 4. The van der Waals surface area contributed by atoms with Gasteiger partial charge in [0.15, 0.2) is 0 Å². The quantitative estimate of drug-likeness (QED) is 0.607. The molecule has 0 aromatic heterocycles. The minimum atomic E-state index is -0.343. The summed E-state index contributed by atoms with van der Waals surface area (Å²) in [5.41, 5.74) is 1.65. The lowest BCUT2D eigenvalue weighted by Crippen LogP contribution is -2.61. The van der Waals surface area contributed by atoms with E-state index in [4.69, 9.17) is 4.74 Å². The van der Waals surface area contributed by atoms with E-state index in [0.29, 0.717) is 26.2 Å². The van der Waals surface area contributed by atoms with Gasteiger partial charge >= 0.3 is 12.1 Å². The molecular formula is C24H32N4O4. The Morgan fingerprint density at radius 2 is 1.78 bits per heavy atom. The zero-order valence-corrected chi connectivity index (χ0v) is 18.4. The van der Waals surface area contributed by atoms with E-state index in [-0.39, 0.29) is 30.0 Å². The van der Waals surface area contributed by atoms with E-state index in [1.807, 2.05) is 24.3 Å². The summed E-state index contributed by atoms with van der Waals surface area (Å²) < 4.78 is 4.98. The molecule has 1 saturated heterocycles. The molecule has 4 saturated carbocycles. The molecule has 1 aliphatic heterocycles. The monoisotopic (exact) mass is 440 g/mol. The van der Waals surface area contributed by atoms with Crippen LogP contribution in [0.3, 0.4) is 0 Å². The summed E-state index contributed by atoms with van der Waals surface area (Å²) in [5, 5.41) is 9.02. The van der Waals surface area contributed by atoms with Crippen LogP contribution in [0.1, 0.15) is 50.5 Å². The van der Waals surface area contributed by atoms with Gasteiger partial charge in [0.2, 0.25) is 5.91 Å². The van der Waals surface area contributed by atoms with Crippen LogP contribution in [0.15, 0.2) is 24.3 Å². The van der Waals surface area contributed by atoms with E-state index in [0.717, 1.165) is 48.3 Å². The van der Waals surface area contributed by atoms with Crippen molar-refractivity contribution in [2.75, 3.05) is 24.6 Å². The summed E-state index contributed by atoms with van der Waals surface area (Å²) in [6.07, 6.45) is 7.24. The highest BCUT2D eigenvalue weighted by atomic mass is 16.6. The summed E-state index contributed by atoms with van der Waals surface area (Å²) in [6, 6.07) is 7.35. The standard InChI is InChI=1S/C24H32N4O4/c29-21(26-15-16-2-1-3-20(11-16)28-6-7-32-23(28)31)4-5-25-22(30)27-24-12-17-8-18(13-24)10-19(9-17)14-24/h1-3,11,17-19H,4-10,12-15H2,(H,26,29)(H2,25,27,30). The van der Waals surface area contributed by atoms with Crippen molar-refractivity contribution in [2.24, 2.45) is 17.8 Å². The Kier molecular flexibility index (Phi) is 5.69. The van der Waals surface area contributed by atoms with Crippen LogP contribution in [0.4, 0.5) is 15.3 Å². The van der Waals surface area contributed by atoms with Gasteiger partial charge in [-0.15, -0.1) is 0 Å². The van der Waals surface area contributed by atoms with Crippen LogP contribution in [0, 0.1) is 17.8 Å². The number of carbonyl (C=O) groups excluding carboxylic acids is 3. The van der Waals surface area contributed by atoms with Crippen LogP contribution in [0.25, 0.3) is 0 Å². The molecule has 1 aromatic carbocycles. The van der Waals surface area contributed by atoms with Crippen molar-refractivity contribution in [2.45, 2.75) is 57.0 Å². The second-order valence-corrected chi connectivity index (χ2v) is 10.0. The van der Waals surface area contributed by atoms with Gasteiger partial charge in [0, 0.05) is 30.7 Å². The van der Waals surface area contributed by atoms with E-state index in [1.165, 1.54) is 19.3 Å². The molecule has 8 heteroatoms. The van der Waals surface area contributed by atoms with Crippen molar-refractivity contribution in [3.63, 3.8) is 0 Å². The maximum absolute atomic E-state index is 12.5. The predicted octanol–water partition coefficient (Wildman–Crippen LogP) is 2.92. The summed E-state index contributed by atoms with van der Waals surface area (Å²) in [6.45, 7) is 1.60. The Labute approximate surface area is 188 Å². The fourth-order valence-corrected chi connectivity index (χ4v) is 6.59. The third kappa shape index (κ3) is 4.54. The number of ether oxygens (including phenoxy) is 1. The maximum Gasteiger partial charge on any atom is 0.414 e. The number of hydrogen-bond acceptors (Lipinski definition) is 4. The molecule has 5 fully saturated rings. The van der Waals surface area contributed by atoms with E-state index in [2.05, 4.69) is 16.0 Å². The number of anilines is 1. The highest BCUT2D eigenvalue weighted by Gasteiger charge is 2.51. The number of hydrogen-bond donors (Lipinski definition) is 3. The Morgan fingerprint density at radius 3 is 2.44 bits per heavy atom. The topological polar surface area (TPSA) is 99.8 Å². The molecule has 5 aliphatic rings. The first-order valence-corrected chi connectivity index (χ1v) is 11.8. The van der Waals surface area contributed by atoms with E-state index in [9.17, 15) is 14.4 Å². The van der Waals surface area contributed by atoms with Gasteiger partial charge in [0.1, 0.15) is 6.61 Å². The maximum atomic E-state index is 12.5. The Balaban J connectivity index is 1.04. The first-order chi connectivity index (χ1) is 15.5. The normalized spacial score (nSPS) is 30.2. The summed E-state index contributed by atoms with van der Waals surface area (Å²) >= 11 is 0. The molecule has 4 amide bonds. The lowest BCUT2D eigenvalue weighted by molar-refractivity contribution is -0.121. The van der Waals surface area contributed by atoms with Gasteiger partial charge < -0.3 is 20.7 Å². The molecule has 8 nitrogen and oxygen atoms in total. The van der Waals surface area contributed by atoms with Crippen molar-refractivity contribution in [1.82, 2.24) is 16.0 Å². The fraction of sp³-hybridized carbons (Fsp3) is 0.625. The number of nitrogens with zero attached hydrogens (tertiary/aromatic N) is 1. The van der Waals surface area contributed by atoms with Crippen LogP contribution in [-0.4, -0.2) is 43.3 Å². The molecule has 0 unspecified atom stereocenters. The molecule has 32 heavy (non-hydrogen) atoms. The van der Waals surface area contributed by atoms with Crippen LogP contribution < -0.4 is 20.9 Å². The molecule has 1 heterocycles. The molecule has 1 aromatic rings. The third-order valence-electron chi connectivity index (χ3n) is 7.53. The van der Waals surface area contributed by atoms with Crippen LogP contribution in [0.5, 0.6) is 0 Å². The molecule has 4 aliphatic carbocycles. The van der Waals surface area contributed by atoms with Crippen molar-refractivity contribution < 1.29 is 19.1 Å². The average Bonchev–Trinajstić information content (AvgIpc) is 3.17.